The van der Waals surface area contributed by atoms with Crippen LogP contribution in [0.1, 0.15) is 39.5 Å². The standard InChI is InChI=1S/C20H29N3O5S/c1-15(2)8-12-21(3)19(24)9-13-23-17-7-6-16(14-18(17)28-20(23)25)29(26,27)22-10-4-5-11-22/h6-7,14-15H,4-5,8-13H2,1-3H3. The van der Waals surface area contributed by atoms with E-state index < -0.39 is 15.8 Å². The molecule has 2 aromatic rings. The van der Waals surface area contributed by atoms with Gasteiger partial charge < -0.3 is 9.32 Å². The van der Waals surface area contributed by atoms with Gasteiger partial charge in [0, 0.05) is 45.7 Å². The van der Waals surface area contributed by atoms with E-state index in [1.807, 2.05) is 0 Å². The lowest BCUT2D eigenvalue weighted by Crippen LogP contribution is -2.30. The van der Waals surface area contributed by atoms with Crippen LogP contribution in [-0.4, -0.2) is 54.8 Å². The third kappa shape index (κ3) is 4.72. The monoisotopic (exact) mass is 423 g/mol. The van der Waals surface area contributed by atoms with Crippen molar-refractivity contribution < 1.29 is 17.6 Å². The maximum absolute atomic E-state index is 12.7. The molecule has 0 N–H and O–H groups in total. The molecule has 1 aromatic carbocycles. The van der Waals surface area contributed by atoms with Crippen molar-refractivity contribution in [3.63, 3.8) is 0 Å². The van der Waals surface area contributed by atoms with E-state index in [9.17, 15) is 18.0 Å². The molecule has 0 aliphatic carbocycles. The third-order valence-corrected chi connectivity index (χ3v) is 7.25. The van der Waals surface area contributed by atoms with Gasteiger partial charge in [0.2, 0.25) is 15.9 Å². The smallest absolute Gasteiger partial charge is 0.408 e. The van der Waals surface area contributed by atoms with Crippen LogP contribution >= 0.6 is 0 Å². The Bertz CT molecular complexity index is 1030. The summed E-state index contributed by atoms with van der Waals surface area (Å²) >= 11 is 0. The van der Waals surface area contributed by atoms with Crippen LogP contribution in [0.5, 0.6) is 0 Å². The van der Waals surface area contributed by atoms with E-state index in [1.54, 1.807) is 18.0 Å². The fourth-order valence-electron chi connectivity index (χ4n) is 3.47. The quantitative estimate of drug-likeness (QED) is 0.649. The molecular formula is C20H29N3O5S. The lowest BCUT2D eigenvalue weighted by atomic mass is 10.1. The van der Waals surface area contributed by atoms with Gasteiger partial charge in [-0.1, -0.05) is 13.8 Å². The van der Waals surface area contributed by atoms with E-state index in [0.717, 1.165) is 19.3 Å². The Hall–Kier alpha value is -2.13. The van der Waals surface area contributed by atoms with Gasteiger partial charge in [-0.3, -0.25) is 9.36 Å². The summed E-state index contributed by atoms with van der Waals surface area (Å²) in [4.78, 5) is 26.4. The van der Waals surface area contributed by atoms with E-state index in [1.165, 1.54) is 21.0 Å². The van der Waals surface area contributed by atoms with Crippen molar-refractivity contribution in [2.45, 2.75) is 51.0 Å². The Morgan fingerprint density at radius 2 is 1.93 bits per heavy atom. The Balaban J connectivity index is 1.76. The summed E-state index contributed by atoms with van der Waals surface area (Å²) in [6.07, 6.45) is 2.81. The van der Waals surface area contributed by atoms with Crippen LogP contribution in [-0.2, 0) is 21.4 Å². The average molecular weight is 424 g/mol. The molecule has 1 aromatic heterocycles. The van der Waals surface area contributed by atoms with Crippen molar-refractivity contribution in [1.82, 2.24) is 13.8 Å². The molecule has 1 amide bonds. The number of aromatic nitrogens is 1. The number of carbonyl (C=O) groups is 1. The molecule has 0 radical (unpaired) electrons. The van der Waals surface area contributed by atoms with Crippen LogP contribution in [0.2, 0.25) is 0 Å². The number of sulfonamides is 1. The summed E-state index contributed by atoms with van der Waals surface area (Å²) in [6.45, 7) is 6.10. The van der Waals surface area contributed by atoms with Gasteiger partial charge in [-0.25, -0.2) is 13.2 Å². The van der Waals surface area contributed by atoms with Crippen LogP contribution in [0.15, 0.2) is 32.3 Å². The highest BCUT2D eigenvalue weighted by Crippen LogP contribution is 2.24. The molecule has 160 valence electrons. The van der Waals surface area contributed by atoms with Crippen molar-refractivity contribution >= 4 is 27.0 Å². The Morgan fingerprint density at radius 3 is 2.59 bits per heavy atom. The zero-order valence-electron chi connectivity index (χ0n) is 17.3. The molecular weight excluding hydrogens is 394 g/mol. The minimum Gasteiger partial charge on any atom is -0.408 e. The fraction of sp³-hybridized carbons (Fsp3) is 0.600. The fourth-order valence-corrected chi connectivity index (χ4v) is 5.00. The number of aryl methyl sites for hydroxylation is 1. The molecule has 3 rings (SSSR count). The van der Waals surface area contributed by atoms with E-state index in [2.05, 4.69) is 13.8 Å². The van der Waals surface area contributed by atoms with Crippen molar-refractivity contribution in [3.8, 4) is 0 Å². The highest BCUT2D eigenvalue weighted by molar-refractivity contribution is 7.89. The SMILES string of the molecule is CC(C)CCN(C)C(=O)CCn1c(=O)oc2cc(S(=O)(=O)N3CCCC3)ccc21. The largest absolute Gasteiger partial charge is 0.419 e. The number of rotatable bonds is 8. The number of hydrogen-bond acceptors (Lipinski definition) is 5. The molecule has 0 saturated carbocycles. The maximum atomic E-state index is 12.7. The van der Waals surface area contributed by atoms with Gasteiger partial charge >= 0.3 is 5.76 Å². The van der Waals surface area contributed by atoms with Crippen molar-refractivity contribution in [1.29, 1.82) is 0 Å². The first-order valence-electron chi connectivity index (χ1n) is 10.1. The number of carbonyl (C=O) groups excluding carboxylic acids is 1. The topological polar surface area (TPSA) is 92.8 Å². The maximum Gasteiger partial charge on any atom is 0.419 e. The van der Waals surface area contributed by atoms with Crippen LogP contribution in [0, 0.1) is 5.92 Å². The lowest BCUT2D eigenvalue weighted by molar-refractivity contribution is -0.130. The normalized spacial score (nSPS) is 15.4. The van der Waals surface area contributed by atoms with Crippen LogP contribution in [0.25, 0.3) is 11.1 Å². The highest BCUT2D eigenvalue weighted by atomic mass is 32.2. The van der Waals surface area contributed by atoms with E-state index >= 15 is 0 Å². The highest BCUT2D eigenvalue weighted by Gasteiger charge is 2.28. The van der Waals surface area contributed by atoms with Gasteiger partial charge in [0.05, 0.1) is 10.4 Å². The number of hydrogen-bond donors (Lipinski definition) is 0. The first-order valence-corrected chi connectivity index (χ1v) is 11.5. The Labute approximate surface area is 171 Å². The van der Waals surface area contributed by atoms with E-state index in [-0.39, 0.29) is 29.4 Å². The minimum absolute atomic E-state index is 0.0415. The molecule has 0 unspecified atom stereocenters. The summed E-state index contributed by atoms with van der Waals surface area (Å²) in [5, 5.41) is 0. The van der Waals surface area contributed by atoms with Gasteiger partial charge in [0.25, 0.3) is 0 Å². The average Bonchev–Trinajstić information content (AvgIpc) is 3.31. The first-order chi connectivity index (χ1) is 13.7. The second kappa shape index (κ2) is 8.71. The van der Waals surface area contributed by atoms with E-state index in [0.29, 0.717) is 31.1 Å². The Kier molecular flexibility index (Phi) is 6.48. The number of amides is 1. The molecule has 9 heteroatoms. The molecule has 1 fully saturated rings. The van der Waals surface area contributed by atoms with Gasteiger partial charge in [-0.05, 0) is 37.3 Å². The summed E-state index contributed by atoms with van der Waals surface area (Å²) in [7, 11) is -1.82. The van der Waals surface area contributed by atoms with Crippen molar-refractivity contribution in [2.24, 2.45) is 5.92 Å². The summed E-state index contributed by atoms with van der Waals surface area (Å²) in [5.74, 6) is -0.120. The predicted octanol–water partition coefficient (Wildman–Crippen LogP) is 2.27. The first kappa shape index (κ1) is 21.6. The number of oxazole rings is 1. The van der Waals surface area contributed by atoms with Crippen LogP contribution < -0.4 is 5.76 Å². The third-order valence-electron chi connectivity index (χ3n) is 5.36. The van der Waals surface area contributed by atoms with Gasteiger partial charge in [0.15, 0.2) is 5.58 Å². The molecule has 0 atom stereocenters. The molecule has 2 heterocycles. The molecule has 1 saturated heterocycles. The van der Waals surface area contributed by atoms with Gasteiger partial charge in [-0.15, -0.1) is 0 Å². The molecule has 0 bridgehead atoms. The second-order valence-electron chi connectivity index (χ2n) is 8.01. The van der Waals surface area contributed by atoms with Gasteiger partial charge in [0.1, 0.15) is 0 Å². The predicted molar refractivity (Wildman–Crippen MR) is 110 cm³/mol. The minimum atomic E-state index is -3.58. The summed E-state index contributed by atoms with van der Waals surface area (Å²) in [6, 6.07) is 4.48. The summed E-state index contributed by atoms with van der Waals surface area (Å²) < 4.78 is 33.5. The number of benzene rings is 1. The van der Waals surface area contributed by atoms with Gasteiger partial charge in [-0.2, -0.15) is 4.31 Å². The van der Waals surface area contributed by atoms with E-state index in [4.69, 9.17) is 4.42 Å². The zero-order chi connectivity index (χ0) is 21.2. The Morgan fingerprint density at radius 1 is 1.24 bits per heavy atom. The number of nitrogens with zero attached hydrogens (tertiary/aromatic N) is 3. The molecule has 0 spiro atoms. The van der Waals surface area contributed by atoms with Crippen LogP contribution in [0.3, 0.4) is 0 Å². The molecule has 29 heavy (non-hydrogen) atoms. The summed E-state index contributed by atoms with van der Waals surface area (Å²) in [5.41, 5.74) is 0.712. The lowest BCUT2D eigenvalue weighted by Gasteiger charge is -2.18. The molecule has 1 aliphatic rings. The van der Waals surface area contributed by atoms with Crippen molar-refractivity contribution in [3.05, 3.63) is 28.7 Å². The number of fused-ring (bicyclic) bond motifs is 1. The van der Waals surface area contributed by atoms with Crippen molar-refractivity contribution in [2.75, 3.05) is 26.7 Å². The molecule has 8 nitrogen and oxygen atoms in total. The second-order valence-corrected chi connectivity index (χ2v) is 9.95. The van der Waals surface area contributed by atoms with Crippen LogP contribution in [0.4, 0.5) is 0 Å². The zero-order valence-corrected chi connectivity index (χ0v) is 18.1. The molecule has 1 aliphatic heterocycles.